The van der Waals surface area contributed by atoms with Gasteiger partial charge in [0.2, 0.25) is 5.95 Å². The Kier molecular flexibility index (Phi) is 4.94. The van der Waals surface area contributed by atoms with E-state index in [2.05, 4.69) is 20.4 Å². The number of rotatable bonds is 5. The lowest BCUT2D eigenvalue weighted by Crippen LogP contribution is -2.10. The van der Waals surface area contributed by atoms with Gasteiger partial charge in [-0.3, -0.25) is 4.68 Å². The first-order valence-electron chi connectivity index (χ1n) is 9.02. The zero-order valence-corrected chi connectivity index (χ0v) is 16.9. The zero-order valence-electron chi connectivity index (χ0n) is 16.2. The smallest absolute Gasteiger partial charge is 0.356 e. The lowest BCUT2D eigenvalue weighted by atomic mass is 10.2. The highest BCUT2D eigenvalue weighted by Gasteiger charge is 2.16. The standard InChI is InChI=1S/C20H19ClN6O2/c1-4-29-19(28)18-10-16(25-27(18)3)15-7-8-22-20(24-15)23-12-5-6-17-13(9-12)14(21)11-26(17)2/h5-11H,4H2,1-3H3,(H,22,23,24). The van der Waals surface area contributed by atoms with Gasteiger partial charge in [0, 0.05) is 49.1 Å². The molecule has 0 radical (unpaired) electrons. The van der Waals surface area contributed by atoms with E-state index in [1.54, 1.807) is 32.3 Å². The number of nitrogens with one attached hydrogen (secondary N) is 1. The van der Waals surface area contributed by atoms with E-state index in [9.17, 15) is 4.79 Å². The molecule has 1 N–H and O–H groups in total. The number of esters is 1. The van der Waals surface area contributed by atoms with Crippen LogP contribution in [0.15, 0.2) is 42.7 Å². The Labute approximate surface area is 172 Å². The van der Waals surface area contributed by atoms with Gasteiger partial charge in [0.1, 0.15) is 11.4 Å². The van der Waals surface area contributed by atoms with Crippen molar-refractivity contribution in [2.45, 2.75) is 6.92 Å². The number of benzene rings is 1. The van der Waals surface area contributed by atoms with Crippen molar-refractivity contribution < 1.29 is 9.53 Å². The van der Waals surface area contributed by atoms with Crippen molar-refractivity contribution in [3.05, 3.63) is 53.4 Å². The van der Waals surface area contributed by atoms with E-state index in [4.69, 9.17) is 16.3 Å². The number of aryl methyl sites for hydroxylation is 2. The first-order chi connectivity index (χ1) is 14.0. The maximum absolute atomic E-state index is 12.0. The molecule has 9 heteroatoms. The minimum absolute atomic E-state index is 0.302. The summed E-state index contributed by atoms with van der Waals surface area (Å²) in [5.74, 6) is -0.00793. The molecule has 0 spiro atoms. The van der Waals surface area contributed by atoms with E-state index >= 15 is 0 Å². The van der Waals surface area contributed by atoms with Crippen LogP contribution in [-0.4, -0.2) is 36.9 Å². The quantitative estimate of drug-likeness (QED) is 0.501. The average molecular weight is 411 g/mol. The second-order valence-electron chi connectivity index (χ2n) is 6.47. The van der Waals surface area contributed by atoms with E-state index in [1.165, 1.54) is 4.68 Å². The normalized spacial score (nSPS) is 11.0. The Hall–Kier alpha value is -3.39. The fraction of sp³-hybridized carbons (Fsp3) is 0.200. The lowest BCUT2D eigenvalue weighted by Gasteiger charge is -2.06. The third kappa shape index (κ3) is 3.66. The van der Waals surface area contributed by atoms with Crippen LogP contribution in [0, 0.1) is 0 Å². The van der Waals surface area contributed by atoms with Crippen LogP contribution in [-0.2, 0) is 18.8 Å². The van der Waals surface area contributed by atoms with Gasteiger partial charge >= 0.3 is 5.97 Å². The number of hydrogen-bond acceptors (Lipinski definition) is 6. The maximum Gasteiger partial charge on any atom is 0.356 e. The van der Waals surface area contributed by atoms with Gasteiger partial charge in [0.05, 0.1) is 17.3 Å². The number of carbonyl (C=O) groups is 1. The van der Waals surface area contributed by atoms with E-state index in [-0.39, 0.29) is 0 Å². The molecule has 0 fully saturated rings. The number of carbonyl (C=O) groups excluding carboxylic acids is 1. The Morgan fingerprint density at radius 1 is 1.21 bits per heavy atom. The van der Waals surface area contributed by atoms with Crippen molar-refractivity contribution in [1.29, 1.82) is 0 Å². The molecular formula is C20H19ClN6O2. The third-order valence-corrected chi connectivity index (χ3v) is 4.78. The summed E-state index contributed by atoms with van der Waals surface area (Å²) in [6.07, 6.45) is 3.51. The van der Waals surface area contributed by atoms with Crippen LogP contribution < -0.4 is 5.32 Å². The fourth-order valence-electron chi connectivity index (χ4n) is 3.10. The minimum Gasteiger partial charge on any atom is -0.461 e. The lowest BCUT2D eigenvalue weighted by molar-refractivity contribution is 0.0513. The summed E-state index contributed by atoms with van der Waals surface area (Å²) >= 11 is 6.29. The summed E-state index contributed by atoms with van der Waals surface area (Å²) in [6, 6.07) is 9.26. The summed E-state index contributed by atoms with van der Waals surface area (Å²) in [5.41, 5.74) is 3.36. The van der Waals surface area contributed by atoms with E-state index < -0.39 is 5.97 Å². The predicted molar refractivity (Wildman–Crippen MR) is 111 cm³/mol. The van der Waals surface area contributed by atoms with Crippen molar-refractivity contribution in [3.8, 4) is 11.4 Å². The van der Waals surface area contributed by atoms with Crippen molar-refractivity contribution in [2.24, 2.45) is 14.1 Å². The molecule has 8 nitrogen and oxygen atoms in total. The molecule has 4 rings (SSSR count). The monoisotopic (exact) mass is 410 g/mol. The summed E-state index contributed by atoms with van der Waals surface area (Å²) in [7, 11) is 3.64. The summed E-state index contributed by atoms with van der Waals surface area (Å²) in [6.45, 7) is 2.06. The molecule has 0 saturated heterocycles. The Balaban J connectivity index is 1.62. The molecule has 29 heavy (non-hydrogen) atoms. The van der Waals surface area contributed by atoms with Gasteiger partial charge in [0.25, 0.3) is 0 Å². The molecule has 0 bridgehead atoms. The molecule has 0 aliphatic carbocycles. The van der Waals surface area contributed by atoms with Crippen LogP contribution in [0.4, 0.5) is 11.6 Å². The van der Waals surface area contributed by atoms with Crippen LogP contribution in [0.2, 0.25) is 5.02 Å². The zero-order chi connectivity index (χ0) is 20.5. The molecule has 0 aliphatic rings. The molecule has 148 valence electrons. The van der Waals surface area contributed by atoms with Crippen molar-refractivity contribution >= 4 is 40.1 Å². The molecule has 4 aromatic rings. The molecule has 0 atom stereocenters. The second kappa shape index (κ2) is 7.56. The SMILES string of the molecule is CCOC(=O)c1cc(-c2ccnc(Nc3ccc4c(c3)c(Cl)cn4C)n2)nn1C. The number of halogens is 1. The fourth-order valence-corrected chi connectivity index (χ4v) is 3.40. The number of ether oxygens (including phenoxy) is 1. The van der Waals surface area contributed by atoms with Crippen molar-refractivity contribution in [1.82, 2.24) is 24.3 Å². The van der Waals surface area contributed by atoms with Crippen LogP contribution >= 0.6 is 11.6 Å². The van der Waals surface area contributed by atoms with Gasteiger partial charge in [-0.2, -0.15) is 5.10 Å². The summed E-state index contributed by atoms with van der Waals surface area (Å²) in [5, 5.41) is 9.18. The van der Waals surface area contributed by atoms with Gasteiger partial charge < -0.3 is 14.6 Å². The number of anilines is 2. The number of hydrogen-bond donors (Lipinski definition) is 1. The van der Waals surface area contributed by atoms with Gasteiger partial charge in [-0.1, -0.05) is 11.6 Å². The molecular weight excluding hydrogens is 392 g/mol. The first kappa shape index (κ1) is 18.9. The largest absolute Gasteiger partial charge is 0.461 e. The van der Waals surface area contributed by atoms with Crippen molar-refractivity contribution in [3.63, 3.8) is 0 Å². The van der Waals surface area contributed by atoms with E-state index in [0.717, 1.165) is 16.6 Å². The van der Waals surface area contributed by atoms with Gasteiger partial charge in [0.15, 0.2) is 0 Å². The summed E-state index contributed by atoms with van der Waals surface area (Å²) < 4.78 is 8.50. The molecule has 3 heterocycles. The topological polar surface area (TPSA) is 86.9 Å². The average Bonchev–Trinajstić information content (AvgIpc) is 3.22. The van der Waals surface area contributed by atoms with Crippen LogP contribution in [0.1, 0.15) is 17.4 Å². The molecule has 3 aromatic heterocycles. The highest BCUT2D eigenvalue weighted by molar-refractivity contribution is 6.35. The highest BCUT2D eigenvalue weighted by Crippen LogP contribution is 2.29. The molecule has 0 saturated carbocycles. The van der Waals surface area contributed by atoms with Gasteiger partial charge in [-0.05, 0) is 31.2 Å². The predicted octanol–water partition coefficient (Wildman–Crippen LogP) is 3.94. The maximum atomic E-state index is 12.0. The van der Waals surface area contributed by atoms with E-state index in [0.29, 0.717) is 34.7 Å². The number of aromatic nitrogens is 5. The number of nitrogens with zero attached hydrogens (tertiary/aromatic N) is 5. The van der Waals surface area contributed by atoms with E-state index in [1.807, 2.05) is 36.0 Å². The minimum atomic E-state index is -0.422. The van der Waals surface area contributed by atoms with Crippen LogP contribution in [0.5, 0.6) is 0 Å². The third-order valence-electron chi connectivity index (χ3n) is 4.48. The Morgan fingerprint density at radius 3 is 2.83 bits per heavy atom. The molecule has 1 aromatic carbocycles. The Bertz CT molecular complexity index is 1210. The molecule has 0 amide bonds. The first-order valence-corrected chi connectivity index (χ1v) is 9.40. The molecule has 0 unspecified atom stereocenters. The van der Waals surface area contributed by atoms with Gasteiger partial charge in [-0.25, -0.2) is 14.8 Å². The van der Waals surface area contributed by atoms with Gasteiger partial charge in [-0.15, -0.1) is 0 Å². The Morgan fingerprint density at radius 2 is 2.03 bits per heavy atom. The van der Waals surface area contributed by atoms with Crippen LogP contribution in [0.25, 0.3) is 22.3 Å². The second-order valence-corrected chi connectivity index (χ2v) is 6.88. The number of fused-ring (bicyclic) bond motifs is 1. The summed E-state index contributed by atoms with van der Waals surface area (Å²) in [4.78, 5) is 20.8. The van der Waals surface area contributed by atoms with Crippen LogP contribution in [0.3, 0.4) is 0 Å². The van der Waals surface area contributed by atoms with Crippen molar-refractivity contribution in [2.75, 3.05) is 11.9 Å². The molecule has 0 aliphatic heterocycles. The highest BCUT2D eigenvalue weighted by atomic mass is 35.5.